The van der Waals surface area contributed by atoms with Gasteiger partial charge >= 0.3 is 0 Å². The molecule has 6 heteroatoms. The minimum absolute atomic E-state index is 0.0595. The van der Waals surface area contributed by atoms with E-state index in [4.69, 9.17) is 0 Å². The third-order valence-electron chi connectivity index (χ3n) is 4.54. The standard InChI is InChI=1S/C18H20N4OS/c1-13-18(14-5-3-2-4-6-14)21(9-10-24-13)12-15-11-17(23)22-16(20-15)7-8-19-22/h2-8,11,13,18-19H,9-10,12H2,1H3/t13-,18+/m1/s1. The summed E-state index contributed by atoms with van der Waals surface area (Å²) in [6.07, 6.45) is 1.74. The molecular weight excluding hydrogens is 320 g/mol. The van der Waals surface area contributed by atoms with E-state index in [9.17, 15) is 4.79 Å². The number of aromatic nitrogens is 3. The third kappa shape index (κ3) is 2.87. The van der Waals surface area contributed by atoms with Crippen molar-refractivity contribution in [3.8, 4) is 0 Å². The highest BCUT2D eigenvalue weighted by molar-refractivity contribution is 8.00. The maximum atomic E-state index is 12.2. The second-order valence-electron chi connectivity index (χ2n) is 6.14. The second-order valence-corrected chi connectivity index (χ2v) is 7.63. The number of benzene rings is 1. The first-order chi connectivity index (χ1) is 11.7. The normalized spacial score (nSPS) is 22.0. The highest BCUT2D eigenvalue weighted by Crippen LogP contribution is 2.36. The van der Waals surface area contributed by atoms with Crippen LogP contribution in [0.5, 0.6) is 0 Å². The number of H-pyrrole nitrogens is 1. The Morgan fingerprint density at radius 3 is 2.96 bits per heavy atom. The zero-order valence-electron chi connectivity index (χ0n) is 13.6. The highest BCUT2D eigenvalue weighted by Gasteiger charge is 2.30. The van der Waals surface area contributed by atoms with E-state index in [1.54, 1.807) is 12.3 Å². The quantitative estimate of drug-likeness (QED) is 0.796. The number of thioether (sulfide) groups is 1. The molecule has 1 aromatic carbocycles. The van der Waals surface area contributed by atoms with Gasteiger partial charge in [0.2, 0.25) is 0 Å². The van der Waals surface area contributed by atoms with Crippen LogP contribution in [0.25, 0.3) is 5.65 Å². The Hall–Kier alpha value is -2.05. The summed E-state index contributed by atoms with van der Waals surface area (Å²) in [6.45, 7) is 3.98. The summed E-state index contributed by atoms with van der Waals surface area (Å²) in [5, 5.41) is 3.40. The van der Waals surface area contributed by atoms with Crippen molar-refractivity contribution in [2.75, 3.05) is 12.3 Å². The van der Waals surface area contributed by atoms with E-state index in [0.29, 0.717) is 23.5 Å². The lowest BCUT2D eigenvalue weighted by atomic mass is 10.0. The van der Waals surface area contributed by atoms with Gasteiger partial charge in [0, 0.05) is 48.5 Å². The zero-order valence-corrected chi connectivity index (χ0v) is 14.4. The fraction of sp³-hybridized carbons (Fsp3) is 0.333. The molecule has 0 amide bonds. The Morgan fingerprint density at radius 2 is 2.12 bits per heavy atom. The van der Waals surface area contributed by atoms with Gasteiger partial charge in [0.05, 0.1) is 5.69 Å². The van der Waals surface area contributed by atoms with E-state index in [-0.39, 0.29) is 5.56 Å². The Balaban J connectivity index is 1.66. The molecule has 4 rings (SSSR count). The van der Waals surface area contributed by atoms with Crippen molar-refractivity contribution in [3.05, 3.63) is 70.3 Å². The first-order valence-corrected chi connectivity index (χ1v) is 9.24. The number of hydrogen-bond donors (Lipinski definition) is 1. The van der Waals surface area contributed by atoms with E-state index >= 15 is 0 Å². The predicted molar refractivity (Wildman–Crippen MR) is 97.3 cm³/mol. The molecule has 1 fully saturated rings. The predicted octanol–water partition coefficient (Wildman–Crippen LogP) is 2.70. The van der Waals surface area contributed by atoms with Gasteiger partial charge in [0.15, 0.2) is 5.65 Å². The van der Waals surface area contributed by atoms with Crippen molar-refractivity contribution in [2.45, 2.75) is 24.8 Å². The Kier molecular flexibility index (Phi) is 4.16. The monoisotopic (exact) mass is 340 g/mol. The molecule has 0 radical (unpaired) electrons. The van der Waals surface area contributed by atoms with Gasteiger partial charge in [-0.1, -0.05) is 37.3 Å². The minimum atomic E-state index is -0.0595. The maximum absolute atomic E-state index is 12.2. The molecule has 0 bridgehead atoms. The Labute approximate surface area is 144 Å². The fourth-order valence-electron chi connectivity index (χ4n) is 3.46. The van der Waals surface area contributed by atoms with E-state index in [1.807, 2.05) is 17.8 Å². The van der Waals surface area contributed by atoms with Gasteiger partial charge in [-0.25, -0.2) is 9.50 Å². The summed E-state index contributed by atoms with van der Waals surface area (Å²) in [7, 11) is 0. The number of fused-ring (bicyclic) bond motifs is 1. The summed E-state index contributed by atoms with van der Waals surface area (Å²) < 4.78 is 1.47. The molecule has 24 heavy (non-hydrogen) atoms. The topological polar surface area (TPSA) is 53.4 Å². The van der Waals surface area contributed by atoms with Crippen LogP contribution in [0, 0.1) is 0 Å². The van der Waals surface area contributed by atoms with Gasteiger partial charge in [0.1, 0.15) is 0 Å². The van der Waals surface area contributed by atoms with E-state index in [2.05, 4.69) is 52.2 Å². The minimum Gasteiger partial charge on any atom is -0.297 e. The first-order valence-electron chi connectivity index (χ1n) is 8.19. The average Bonchev–Trinajstić information content (AvgIpc) is 3.05. The van der Waals surface area contributed by atoms with Gasteiger partial charge in [-0.15, -0.1) is 0 Å². The summed E-state index contributed by atoms with van der Waals surface area (Å²) in [6, 6.07) is 14.4. The SMILES string of the molecule is C[C@H]1SCCN(Cc2cc(=O)n3[nH]ccc3n2)[C@@H]1c1ccccc1. The lowest BCUT2D eigenvalue weighted by Gasteiger charge is -2.39. The maximum Gasteiger partial charge on any atom is 0.272 e. The van der Waals surface area contributed by atoms with Gasteiger partial charge in [-0.05, 0) is 5.56 Å². The van der Waals surface area contributed by atoms with Crippen molar-refractivity contribution in [3.63, 3.8) is 0 Å². The second kappa shape index (κ2) is 6.45. The van der Waals surface area contributed by atoms with Crippen LogP contribution in [-0.4, -0.2) is 37.0 Å². The summed E-state index contributed by atoms with van der Waals surface area (Å²) >= 11 is 2.01. The van der Waals surface area contributed by atoms with Crippen molar-refractivity contribution in [1.29, 1.82) is 0 Å². The molecule has 1 saturated heterocycles. The largest absolute Gasteiger partial charge is 0.297 e. The molecule has 5 nitrogen and oxygen atoms in total. The summed E-state index contributed by atoms with van der Waals surface area (Å²) in [5.74, 6) is 1.11. The van der Waals surface area contributed by atoms with Crippen molar-refractivity contribution >= 4 is 17.4 Å². The molecule has 1 aliphatic rings. The van der Waals surface area contributed by atoms with Crippen LogP contribution >= 0.6 is 11.8 Å². The average molecular weight is 340 g/mol. The van der Waals surface area contributed by atoms with E-state index in [0.717, 1.165) is 18.0 Å². The molecule has 0 unspecified atom stereocenters. The van der Waals surface area contributed by atoms with E-state index < -0.39 is 0 Å². The van der Waals surface area contributed by atoms with Crippen LogP contribution in [0.4, 0.5) is 0 Å². The van der Waals surface area contributed by atoms with Crippen LogP contribution < -0.4 is 5.56 Å². The molecule has 3 aromatic rings. The molecule has 3 heterocycles. The number of hydrogen-bond acceptors (Lipinski definition) is 4. The zero-order chi connectivity index (χ0) is 16.5. The van der Waals surface area contributed by atoms with Crippen LogP contribution in [0.2, 0.25) is 0 Å². The lowest BCUT2D eigenvalue weighted by molar-refractivity contribution is 0.189. The Morgan fingerprint density at radius 1 is 1.29 bits per heavy atom. The van der Waals surface area contributed by atoms with Gasteiger partial charge < -0.3 is 0 Å². The van der Waals surface area contributed by atoms with Gasteiger partial charge in [0.25, 0.3) is 5.56 Å². The van der Waals surface area contributed by atoms with Crippen molar-refractivity contribution in [2.24, 2.45) is 0 Å². The summed E-state index contributed by atoms with van der Waals surface area (Å²) in [4.78, 5) is 19.3. The highest BCUT2D eigenvalue weighted by atomic mass is 32.2. The van der Waals surface area contributed by atoms with Crippen LogP contribution in [0.1, 0.15) is 24.2 Å². The molecule has 124 valence electrons. The number of rotatable bonds is 3. The van der Waals surface area contributed by atoms with Crippen molar-refractivity contribution < 1.29 is 0 Å². The smallest absolute Gasteiger partial charge is 0.272 e. The fourth-order valence-corrected chi connectivity index (χ4v) is 4.68. The van der Waals surface area contributed by atoms with E-state index in [1.165, 1.54) is 10.1 Å². The Bertz CT molecular complexity index is 889. The molecule has 2 atom stereocenters. The molecule has 1 N–H and O–H groups in total. The molecule has 0 saturated carbocycles. The number of nitrogens with zero attached hydrogens (tertiary/aromatic N) is 3. The molecule has 2 aromatic heterocycles. The number of nitrogens with one attached hydrogen (secondary N) is 1. The summed E-state index contributed by atoms with van der Waals surface area (Å²) in [5.41, 5.74) is 2.78. The molecule has 0 spiro atoms. The van der Waals surface area contributed by atoms with Crippen LogP contribution in [0.15, 0.2) is 53.5 Å². The molecule has 0 aliphatic carbocycles. The van der Waals surface area contributed by atoms with Crippen LogP contribution in [-0.2, 0) is 6.54 Å². The van der Waals surface area contributed by atoms with Gasteiger partial charge in [-0.2, -0.15) is 11.8 Å². The first kappa shape index (κ1) is 15.5. The van der Waals surface area contributed by atoms with Crippen molar-refractivity contribution in [1.82, 2.24) is 19.5 Å². The third-order valence-corrected chi connectivity index (χ3v) is 5.74. The number of aromatic amines is 1. The van der Waals surface area contributed by atoms with Crippen LogP contribution in [0.3, 0.4) is 0 Å². The lowest BCUT2D eigenvalue weighted by Crippen LogP contribution is -2.40. The molecule has 1 aliphatic heterocycles. The van der Waals surface area contributed by atoms with Gasteiger partial charge in [-0.3, -0.25) is 14.8 Å². The molecular formula is C18H20N4OS.